The zero-order valence-corrected chi connectivity index (χ0v) is 12.4. The molecule has 4 heteroatoms. The van der Waals surface area contributed by atoms with Crippen molar-refractivity contribution < 1.29 is 5.11 Å². The first kappa shape index (κ1) is 14.0. The number of aliphatic hydroxyl groups is 1. The van der Waals surface area contributed by atoms with E-state index in [1.165, 1.54) is 4.88 Å². The predicted octanol–water partition coefficient (Wildman–Crippen LogP) is 3.36. The van der Waals surface area contributed by atoms with Crippen LogP contribution in [0.3, 0.4) is 0 Å². The molecule has 2 rings (SSSR count). The van der Waals surface area contributed by atoms with Crippen LogP contribution in [0.25, 0.3) is 0 Å². The van der Waals surface area contributed by atoms with Crippen molar-refractivity contribution in [2.75, 3.05) is 4.90 Å². The Morgan fingerprint density at radius 2 is 2.16 bits per heavy atom. The quantitative estimate of drug-likeness (QED) is 0.909. The summed E-state index contributed by atoms with van der Waals surface area (Å²) in [6.07, 6.45) is 0. The molecule has 2 heterocycles. The van der Waals surface area contributed by atoms with Gasteiger partial charge in [0.15, 0.2) is 0 Å². The molecule has 0 radical (unpaired) electrons. The highest BCUT2D eigenvalue weighted by Crippen LogP contribution is 2.22. The molecule has 0 fully saturated rings. The maximum absolute atomic E-state index is 9.32. The molecule has 2 aromatic heterocycles. The lowest BCUT2D eigenvalue weighted by Crippen LogP contribution is -2.30. The van der Waals surface area contributed by atoms with Gasteiger partial charge in [0.2, 0.25) is 0 Å². The lowest BCUT2D eigenvalue weighted by Gasteiger charge is -2.28. The largest absolute Gasteiger partial charge is 0.392 e. The summed E-state index contributed by atoms with van der Waals surface area (Å²) >= 11 is 1.76. The van der Waals surface area contributed by atoms with E-state index in [1.807, 2.05) is 19.1 Å². The summed E-state index contributed by atoms with van der Waals surface area (Å²) < 4.78 is 0. The molecule has 0 aliphatic rings. The van der Waals surface area contributed by atoms with Crippen LogP contribution in [0.2, 0.25) is 0 Å². The minimum atomic E-state index is 0.0568. The first-order valence-corrected chi connectivity index (χ1v) is 7.35. The van der Waals surface area contributed by atoms with Crippen LogP contribution in [-0.4, -0.2) is 16.1 Å². The van der Waals surface area contributed by atoms with Gasteiger partial charge in [0.1, 0.15) is 5.82 Å². The molecule has 0 bridgehead atoms. The average Bonchev–Trinajstić information content (AvgIpc) is 2.87. The van der Waals surface area contributed by atoms with Gasteiger partial charge in [-0.1, -0.05) is 6.07 Å². The highest BCUT2D eigenvalue weighted by atomic mass is 32.1. The first-order chi connectivity index (χ1) is 9.10. The number of rotatable bonds is 5. The molecule has 0 aliphatic heterocycles. The standard InChI is InChI=1S/C15H20N2OS/c1-11(2)17(9-14-5-4-6-19-14)15-8-13(10-18)7-12(3)16-15/h4-8,11,18H,9-10H2,1-3H3. The van der Waals surface area contributed by atoms with Gasteiger partial charge in [-0.2, -0.15) is 0 Å². The minimum absolute atomic E-state index is 0.0568. The highest BCUT2D eigenvalue weighted by Gasteiger charge is 2.14. The third-order valence-electron chi connectivity index (χ3n) is 3.01. The van der Waals surface area contributed by atoms with Crippen molar-refractivity contribution in [3.63, 3.8) is 0 Å². The number of anilines is 1. The summed E-state index contributed by atoms with van der Waals surface area (Å²) in [5.41, 5.74) is 1.86. The van der Waals surface area contributed by atoms with Gasteiger partial charge < -0.3 is 10.0 Å². The van der Waals surface area contributed by atoms with Crippen LogP contribution < -0.4 is 4.90 Å². The van der Waals surface area contributed by atoms with Crippen LogP contribution in [0, 0.1) is 6.92 Å². The number of aliphatic hydroxyl groups excluding tert-OH is 1. The monoisotopic (exact) mass is 276 g/mol. The number of aromatic nitrogens is 1. The Morgan fingerprint density at radius 3 is 2.74 bits per heavy atom. The van der Waals surface area contributed by atoms with E-state index < -0.39 is 0 Å². The molecule has 3 nitrogen and oxygen atoms in total. The fourth-order valence-electron chi connectivity index (χ4n) is 2.06. The molecule has 0 aliphatic carbocycles. The number of hydrogen-bond acceptors (Lipinski definition) is 4. The Kier molecular flexibility index (Phi) is 4.56. The molecule has 2 aromatic rings. The Hall–Kier alpha value is -1.39. The molecule has 0 atom stereocenters. The fraction of sp³-hybridized carbons (Fsp3) is 0.400. The Morgan fingerprint density at radius 1 is 1.37 bits per heavy atom. The van der Waals surface area contributed by atoms with Crippen LogP contribution in [0.1, 0.15) is 30.0 Å². The normalized spacial score (nSPS) is 11.0. The van der Waals surface area contributed by atoms with Gasteiger partial charge in [0.05, 0.1) is 13.2 Å². The summed E-state index contributed by atoms with van der Waals surface area (Å²) in [5, 5.41) is 11.4. The number of pyridine rings is 1. The van der Waals surface area contributed by atoms with E-state index in [4.69, 9.17) is 0 Å². The second-order valence-corrected chi connectivity index (χ2v) is 5.97. The number of hydrogen-bond donors (Lipinski definition) is 1. The van der Waals surface area contributed by atoms with Gasteiger partial charge in [-0.05, 0) is 49.9 Å². The van der Waals surface area contributed by atoms with Crippen molar-refractivity contribution in [1.82, 2.24) is 4.98 Å². The highest BCUT2D eigenvalue weighted by molar-refractivity contribution is 7.09. The second-order valence-electron chi connectivity index (χ2n) is 4.93. The molecular formula is C15H20N2OS. The summed E-state index contributed by atoms with van der Waals surface area (Å²) in [5.74, 6) is 0.937. The van der Waals surface area contributed by atoms with Crippen LogP contribution in [-0.2, 0) is 13.2 Å². The first-order valence-electron chi connectivity index (χ1n) is 6.47. The van der Waals surface area contributed by atoms with E-state index in [0.29, 0.717) is 6.04 Å². The van der Waals surface area contributed by atoms with Crippen LogP contribution in [0.5, 0.6) is 0 Å². The van der Waals surface area contributed by atoms with Crippen molar-refractivity contribution in [3.05, 3.63) is 45.8 Å². The number of aryl methyl sites for hydroxylation is 1. The zero-order chi connectivity index (χ0) is 13.8. The molecular weight excluding hydrogens is 256 g/mol. The molecule has 0 amide bonds. The SMILES string of the molecule is Cc1cc(CO)cc(N(Cc2cccs2)C(C)C)n1. The average molecular weight is 276 g/mol. The summed E-state index contributed by atoms with van der Waals surface area (Å²) in [4.78, 5) is 8.19. The van der Waals surface area contributed by atoms with Gasteiger partial charge in [0.25, 0.3) is 0 Å². The Balaban J connectivity index is 2.30. The maximum Gasteiger partial charge on any atom is 0.129 e. The van der Waals surface area contributed by atoms with Crippen molar-refractivity contribution in [2.24, 2.45) is 0 Å². The third-order valence-corrected chi connectivity index (χ3v) is 3.87. The van der Waals surface area contributed by atoms with Crippen LogP contribution >= 0.6 is 11.3 Å². The Labute approximate surface area is 118 Å². The number of thiophene rings is 1. The molecule has 102 valence electrons. The lowest BCUT2D eigenvalue weighted by atomic mass is 10.2. The van der Waals surface area contributed by atoms with Gasteiger partial charge >= 0.3 is 0 Å². The Bertz CT molecular complexity index is 523. The van der Waals surface area contributed by atoms with Crippen molar-refractivity contribution >= 4 is 17.2 Å². The summed E-state index contributed by atoms with van der Waals surface area (Å²) in [6, 6.07) is 8.47. The molecule has 0 unspecified atom stereocenters. The van der Waals surface area contributed by atoms with Crippen LogP contribution in [0.15, 0.2) is 29.6 Å². The molecule has 1 N–H and O–H groups in total. The van der Waals surface area contributed by atoms with E-state index in [1.54, 1.807) is 11.3 Å². The number of nitrogens with zero attached hydrogens (tertiary/aromatic N) is 2. The summed E-state index contributed by atoms with van der Waals surface area (Å²) in [6.45, 7) is 7.21. The molecule has 0 saturated carbocycles. The molecule has 0 aromatic carbocycles. The van der Waals surface area contributed by atoms with Crippen molar-refractivity contribution in [2.45, 2.75) is 40.0 Å². The summed E-state index contributed by atoms with van der Waals surface area (Å²) in [7, 11) is 0. The maximum atomic E-state index is 9.32. The minimum Gasteiger partial charge on any atom is -0.392 e. The fourth-order valence-corrected chi connectivity index (χ4v) is 2.76. The van der Waals surface area contributed by atoms with Gasteiger partial charge in [-0.25, -0.2) is 4.98 Å². The zero-order valence-electron chi connectivity index (χ0n) is 11.6. The third kappa shape index (κ3) is 3.55. The van der Waals surface area contributed by atoms with Gasteiger partial charge in [-0.15, -0.1) is 11.3 Å². The van der Waals surface area contributed by atoms with E-state index >= 15 is 0 Å². The van der Waals surface area contributed by atoms with E-state index in [-0.39, 0.29) is 6.61 Å². The topological polar surface area (TPSA) is 36.4 Å². The van der Waals surface area contributed by atoms with Crippen molar-refractivity contribution in [1.29, 1.82) is 0 Å². The van der Waals surface area contributed by atoms with E-state index in [0.717, 1.165) is 23.6 Å². The van der Waals surface area contributed by atoms with E-state index in [2.05, 4.69) is 41.2 Å². The predicted molar refractivity (Wildman–Crippen MR) is 80.5 cm³/mol. The molecule has 0 saturated heterocycles. The molecule has 19 heavy (non-hydrogen) atoms. The lowest BCUT2D eigenvalue weighted by molar-refractivity contribution is 0.281. The van der Waals surface area contributed by atoms with E-state index in [9.17, 15) is 5.11 Å². The molecule has 0 spiro atoms. The van der Waals surface area contributed by atoms with Gasteiger partial charge in [0, 0.05) is 16.6 Å². The van der Waals surface area contributed by atoms with Gasteiger partial charge in [-0.3, -0.25) is 0 Å². The smallest absolute Gasteiger partial charge is 0.129 e. The second kappa shape index (κ2) is 6.17. The van der Waals surface area contributed by atoms with Crippen LogP contribution in [0.4, 0.5) is 5.82 Å². The van der Waals surface area contributed by atoms with Crippen molar-refractivity contribution in [3.8, 4) is 0 Å².